The van der Waals surface area contributed by atoms with Gasteiger partial charge in [0.2, 0.25) is 0 Å². The van der Waals surface area contributed by atoms with Gasteiger partial charge in [0.1, 0.15) is 0 Å². The molecule has 5 heteroatoms. The summed E-state index contributed by atoms with van der Waals surface area (Å²) >= 11 is 5.73. The maximum absolute atomic E-state index is 10.9. The monoisotopic (exact) mass is 198 g/mol. The van der Waals surface area contributed by atoms with Crippen molar-refractivity contribution in [3.63, 3.8) is 0 Å². The Morgan fingerprint density at radius 1 is 1.46 bits per heavy atom. The van der Waals surface area contributed by atoms with Gasteiger partial charge in [0.05, 0.1) is 5.02 Å². The van der Waals surface area contributed by atoms with Gasteiger partial charge in [-0.15, -0.1) is 0 Å². The van der Waals surface area contributed by atoms with E-state index in [1.165, 1.54) is 25.1 Å². The lowest BCUT2D eigenvalue weighted by Crippen LogP contribution is -2.29. The second-order valence-electron chi connectivity index (χ2n) is 2.67. The Balaban J connectivity index is 3.13. The predicted molar refractivity (Wildman–Crippen MR) is 51.3 cm³/mol. The first-order chi connectivity index (χ1) is 6.02. The molecule has 2 N–H and O–H groups in total. The molecule has 0 saturated heterocycles. The molecule has 0 heterocycles. The lowest BCUT2D eigenvalue weighted by Gasteiger charge is -2.03. The molecule has 13 heavy (non-hydrogen) atoms. The van der Waals surface area contributed by atoms with Crippen LogP contribution in [0.2, 0.25) is 5.02 Å². The molecule has 1 aromatic rings. The van der Waals surface area contributed by atoms with Gasteiger partial charge in [-0.3, -0.25) is 4.79 Å². The van der Waals surface area contributed by atoms with Gasteiger partial charge in [-0.25, -0.2) is 0 Å². The fourth-order valence-corrected chi connectivity index (χ4v) is 1.30. The summed E-state index contributed by atoms with van der Waals surface area (Å²) < 4.78 is 0. The predicted octanol–water partition coefficient (Wildman–Crippen LogP) is 0.222. The van der Waals surface area contributed by atoms with Crippen LogP contribution >= 0.6 is 11.6 Å². The third-order valence-corrected chi connectivity index (χ3v) is 1.98. The Morgan fingerprint density at radius 3 is 2.46 bits per heavy atom. The second-order valence-corrected chi connectivity index (χ2v) is 3.08. The molecule has 0 aliphatic rings. The van der Waals surface area contributed by atoms with E-state index in [1.54, 1.807) is 0 Å². The van der Waals surface area contributed by atoms with Gasteiger partial charge in [0, 0.05) is 5.56 Å². The van der Waals surface area contributed by atoms with Gasteiger partial charge in [0.25, 0.3) is 0 Å². The largest absolute Gasteiger partial charge is 0.488 e. The molecule has 1 rings (SSSR count). The highest BCUT2D eigenvalue weighted by molar-refractivity contribution is 6.59. The van der Waals surface area contributed by atoms with E-state index in [9.17, 15) is 4.79 Å². The highest BCUT2D eigenvalue weighted by Crippen LogP contribution is 2.14. The van der Waals surface area contributed by atoms with Gasteiger partial charge in [-0.1, -0.05) is 23.7 Å². The molecule has 0 amide bonds. The number of carbonyl (C=O) groups excluding carboxylic acids is 1. The number of carbonyl (C=O) groups is 1. The highest BCUT2D eigenvalue weighted by Gasteiger charge is 2.13. The number of Topliss-reactive ketones (excluding diaryl/α,β-unsaturated/α-hetero) is 1. The molecule has 1 aromatic carbocycles. The lowest BCUT2D eigenvalue weighted by molar-refractivity contribution is 0.101. The van der Waals surface area contributed by atoms with Crippen LogP contribution < -0.4 is 5.46 Å². The quantitative estimate of drug-likeness (QED) is 0.528. The summed E-state index contributed by atoms with van der Waals surface area (Å²) in [6, 6.07) is 4.29. The zero-order chi connectivity index (χ0) is 10.0. The van der Waals surface area contributed by atoms with Gasteiger partial charge in [-0.05, 0) is 18.5 Å². The molecular weight excluding hydrogens is 190 g/mol. The van der Waals surface area contributed by atoms with E-state index in [0.29, 0.717) is 5.56 Å². The van der Waals surface area contributed by atoms with E-state index in [-0.39, 0.29) is 16.3 Å². The number of hydrogen-bond donors (Lipinski definition) is 2. The van der Waals surface area contributed by atoms with Crippen molar-refractivity contribution >= 4 is 30.0 Å². The highest BCUT2D eigenvalue weighted by atomic mass is 35.5. The molecule has 0 spiro atoms. The molecule has 0 atom stereocenters. The molecule has 0 fully saturated rings. The minimum absolute atomic E-state index is 0.149. The molecule has 0 saturated carbocycles. The Hall–Kier alpha value is -0.835. The number of rotatable bonds is 2. The SMILES string of the molecule is CC(=O)c1ccc(B(O)O)cc1Cl. The van der Waals surface area contributed by atoms with Crippen LogP contribution in [-0.4, -0.2) is 22.9 Å². The van der Waals surface area contributed by atoms with Gasteiger partial charge in [-0.2, -0.15) is 0 Å². The summed E-state index contributed by atoms with van der Waals surface area (Å²) in [7, 11) is -1.56. The molecule has 0 aromatic heterocycles. The summed E-state index contributed by atoms with van der Waals surface area (Å²) in [5, 5.41) is 17.8. The van der Waals surface area contributed by atoms with Crippen LogP contribution in [0.5, 0.6) is 0 Å². The van der Waals surface area contributed by atoms with E-state index < -0.39 is 7.12 Å². The van der Waals surface area contributed by atoms with Crippen molar-refractivity contribution < 1.29 is 14.8 Å². The van der Waals surface area contributed by atoms with Crippen LogP contribution in [0.3, 0.4) is 0 Å². The van der Waals surface area contributed by atoms with Crippen LogP contribution in [0.25, 0.3) is 0 Å². The molecule has 3 nitrogen and oxygen atoms in total. The first kappa shape index (κ1) is 10.2. The fraction of sp³-hybridized carbons (Fsp3) is 0.125. The van der Waals surface area contributed by atoms with E-state index in [4.69, 9.17) is 21.6 Å². The zero-order valence-corrected chi connectivity index (χ0v) is 7.75. The van der Waals surface area contributed by atoms with Gasteiger partial charge >= 0.3 is 7.12 Å². The van der Waals surface area contributed by atoms with Crippen LogP contribution in [0.4, 0.5) is 0 Å². The molecule has 68 valence electrons. The second kappa shape index (κ2) is 3.92. The van der Waals surface area contributed by atoms with Crippen molar-refractivity contribution in [3.05, 3.63) is 28.8 Å². The Bertz CT molecular complexity index is 338. The van der Waals surface area contributed by atoms with E-state index in [1.807, 2.05) is 0 Å². The van der Waals surface area contributed by atoms with Crippen LogP contribution in [0.1, 0.15) is 17.3 Å². The molecular formula is C8H8BClO3. The van der Waals surface area contributed by atoms with Crippen molar-refractivity contribution in [1.29, 1.82) is 0 Å². The first-order valence-corrected chi connectivity index (χ1v) is 4.06. The van der Waals surface area contributed by atoms with Crippen LogP contribution in [-0.2, 0) is 0 Å². The number of halogens is 1. The fourth-order valence-electron chi connectivity index (χ4n) is 0.977. The molecule has 0 unspecified atom stereocenters. The van der Waals surface area contributed by atoms with Crippen molar-refractivity contribution in [2.75, 3.05) is 0 Å². The summed E-state index contributed by atoms with van der Waals surface area (Å²) in [4.78, 5) is 10.9. The summed E-state index contributed by atoms with van der Waals surface area (Å²) in [5.74, 6) is -0.149. The first-order valence-electron chi connectivity index (χ1n) is 3.69. The van der Waals surface area contributed by atoms with Crippen molar-refractivity contribution in [3.8, 4) is 0 Å². The normalized spacial score (nSPS) is 9.85. The number of benzene rings is 1. The Kier molecular flexibility index (Phi) is 3.09. The van der Waals surface area contributed by atoms with Crippen molar-refractivity contribution in [2.45, 2.75) is 6.92 Å². The smallest absolute Gasteiger partial charge is 0.423 e. The summed E-state index contributed by atoms with van der Waals surface area (Å²) in [5.41, 5.74) is 0.654. The average molecular weight is 198 g/mol. The van der Waals surface area contributed by atoms with Gasteiger partial charge < -0.3 is 10.0 Å². The minimum atomic E-state index is -1.56. The van der Waals surface area contributed by atoms with Crippen LogP contribution in [0, 0.1) is 0 Å². The maximum atomic E-state index is 10.9. The lowest BCUT2D eigenvalue weighted by atomic mass is 9.80. The average Bonchev–Trinajstić information content (AvgIpc) is 2.03. The standard InChI is InChI=1S/C8H8BClO3/c1-5(11)7-3-2-6(9(12)13)4-8(7)10/h2-4,12-13H,1H3. The van der Waals surface area contributed by atoms with E-state index in [0.717, 1.165) is 0 Å². The third kappa shape index (κ3) is 2.31. The minimum Gasteiger partial charge on any atom is -0.423 e. The Morgan fingerprint density at radius 2 is 2.08 bits per heavy atom. The van der Waals surface area contributed by atoms with Gasteiger partial charge in [0.15, 0.2) is 5.78 Å². The van der Waals surface area contributed by atoms with Crippen molar-refractivity contribution in [1.82, 2.24) is 0 Å². The Labute approximate surface area is 81.1 Å². The summed E-state index contributed by atoms with van der Waals surface area (Å²) in [6.45, 7) is 1.40. The molecule has 0 radical (unpaired) electrons. The molecule has 0 bridgehead atoms. The van der Waals surface area contributed by atoms with Crippen LogP contribution in [0.15, 0.2) is 18.2 Å². The summed E-state index contributed by atoms with van der Waals surface area (Å²) in [6.07, 6.45) is 0. The van der Waals surface area contributed by atoms with E-state index >= 15 is 0 Å². The number of ketones is 1. The third-order valence-electron chi connectivity index (χ3n) is 1.67. The van der Waals surface area contributed by atoms with Crippen molar-refractivity contribution in [2.24, 2.45) is 0 Å². The molecule has 0 aliphatic carbocycles. The molecule has 0 aliphatic heterocycles. The van der Waals surface area contributed by atoms with E-state index in [2.05, 4.69) is 0 Å². The zero-order valence-electron chi connectivity index (χ0n) is 6.99. The maximum Gasteiger partial charge on any atom is 0.488 e. The number of hydrogen-bond acceptors (Lipinski definition) is 3. The topological polar surface area (TPSA) is 57.5 Å².